The molecule has 3 aromatic carbocycles. The Labute approximate surface area is 238 Å². The lowest BCUT2D eigenvalue weighted by atomic mass is 10.1. The van der Waals surface area contributed by atoms with Crippen molar-refractivity contribution in [2.45, 2.75) is 38.3 Å². The number of hydrogen-bond acceptors (Lipinski definition) is 4. The molecule has 0 heterocycles. The van der Waals surface area contributed by atoms with Crippen LogP contribution in [0.4, 0.5) is 5.69 Å². The number of anilines is 1. The second kappa shape index (κ2) is 12.4. The smallest absolute Gasteiger partial charge is 0.264 e. The van der Waals surface area contributed by atoms with Gasteiger partial charge in [0, 0.05) is 34.2 Å². The number of nitrogens with zero attached hydrogens (tertiary/aromatic N) is 2. The highest BCUT2D eigenvalue weighted by Crippen LogP contribution is 2.30. The lowest BCUT2D eigenvalue weighted by molar-refractivity contribution is -0.139. The van der Waals surface area contributed by atoms with Crippen LogP contribution in [0.15, 0.2) is 65.6 Å². The standard InChI is InChI=1S/C27H28Cl3N3O4S/c1-17-8-12-21(13-9-17)38(36,37)33(20-11-10-18(2)25(30)14-20)16-26(34)32(19(3)27(35)31-4)15-22-23(28)6-5-7-24(22)29/h5-14,19H,15-16H2,1-4H3,(H,31,35). The maximum Gasteiger partial charge on any atom is 0.264 e. The quantitative estimate of drug-likeness (QED) is 0.347. The van der Waals surface area contributed by atoms with Crippen LogP contribution in [-0.2, 0) is 26.2 Å². The van der Waals surface area contributed by atoms with Gasteiger partial charge in [-0.2, -0.15) is 0 Å². The highest BCUT2D eigenvalue weighted by atomic mass is 35.5. The Morgan fingerprint density at radius 2 is 1.53 bits per heavy atom. The Morgan fingerprint density at radius 1 is 0.921 bits per heavy atom. The summed E-state index contributed by atoms with van der Waals surface area (Å²) >= 11 is 19.0. The molecule has 0 saturated heterocycles. The first-order valence-corrected chi connectivity index (χ1v) is 14.2. The van der Waals surface area contributed by atoms with Crippen molar-refractivity contribution in [3.63, 3.8) is 0 Å². The van der Waals surface area contributed by atoms with Crippen molar-refractivity contribution in [2.24, 2.45) is 0 Å². The van der Waals surface area contributed by atoms with E-state index in [0.717, 1.165) is 15.4 Å². The fourth-order valence-electron chi connectivity index (χ4n) is 3.75. The third kappa shape index (κ3) is 6.61. The van der Waals surface area contributed by atoms with Crippen molar-refractivity contribution in [1.82, 2.24) is 10.2 Å². The summed E-state index contributed by atoms with van der Waals surface area (Å²) in [5.74, 6) is -1.07. The molecule has 3 rings (SSSR count). The zero-order chi connectivity index (χ0) is 28.2. The fourth-order valence-corrected chi connectivity index (χ4v) is 5.85. The van der Waals surface area contributed by atoms with Crippen molar-refractivity contribution in [3.8, 4) is 0 Å². The van der Waals surface area contributed by atoms with Gasteiger partial charge in [0.15, 0.2) is 0 Å². The molecule has 0 saturated carbocycles. The summed E-state index contributed by atoms with van der Waals surface area (Å²) in [4.78, 5) is 27.7. The lowest BCUT2D eigenvalue weighted by Crippen LogP contribution is -2.50. The summed E-state index contributed by atoms with van der Waals surface area (Å²) < 4.78 is 28.6. The molecule has 0 radical (unpaired) electrons. The van der Waals surface area contributed by atoms with Crippen LogP contribution in [0.2, 0.25) is 15.1 Å². The molecule has 1 unspecified atom stereocenters. The SMILES string of the molecule is CNC(=O)C(C)N(Cc1c(Cl)cccc1Cl)C(=O)CN(c1ccc(C)c(Cl)c1)S(=O)(=O)c1ccc(C)cc1. The van der Waals surface area contributed by atoms with E-state index in [0.29, 0.717) is 20.6 Å². The molecule has 0 aromatic heterocycles. The second-order valence-electron chi connectivity index (χ2n) is 8.77. The molecule has 0 fully saturated rings. The van der Waals surface area contributed by atoms with Crippen LogP contribution < -0.4 is 9.62 Å². The molecule has 0 spiro atoms. The van der Waals surface area contributed by atoms with E-state index in [-0.39, 0.29) is 17.1 Å². The van der Waals surface area contributed by atoms with Crippen molar-refractivity contribution in [2.75, 3.05) is 17.9 Å². The molecule has 0 aliphatic carbocycles. The van der Waals surface area contributed by atoms with Gasteiger partial charge in [-0.05, 0) is 62.7 Å². The van der Waals surface area contributed by atoms with Gasteiger partial charge in [-0.15, -0.1) is 0 Å². The number of amides is 2. The summed E-state index contributed by atoms with van der Waals surface area (Å²) in [5.41, 5.74) is 2.27. The van der Waals surface area contributed by atoms with Gasteiger partial charge in [-0.3, -0.25) is 13.9 Å². The van der Waals surface area contributed by atoms with E-state index in [1.54, 1.807) is 56.3 Å². The van der Waals surface area contributed by atoms with E-state index in [9.17, 15) is 18.0 Å². The molecule has 0 bridgehead atoms. The van der Waals surface area contributed by atoms with E-state index in [4.69, 9.17) is 34.8 Å². The minimum absolute atomic E-state index is 0.00708. The number of carbonyl (C=O) groups is 2. The summed E-state index contributed by atoms with van der Waals surface area (Å²) in [6, 6.07) is 15.0. The highest BCUT2D eigenvalue weighted by Gasteiger charge is 2.33. The number of sulfonamides is 1. The number of nitrogens with one attached hydrogen (secondary N) is 1. The number of hydrogen-bond donors (Lipinski definition) is 1. The molecule has 7 nitrogen and oxygen atoms in total. The van der Waals surface area contributed by atoms with Gasteiger partial charge in [0.25, 0.3) is 10.0 Å². The Hall–Kier alpha value is -2.78. The minimum Gasteiger partial charge on any atom is -0.357 e. The summed E-state index contributed by atoms with van der Waals surface area (Å²) in [5, 5.41) is 3.50. The molecule has 3 aromatic rings. The number of halogens is 3. The van der Waals surface area contributed by atoms with Gasteiger partial charge in [-0.25, -0.2) is 8.42 Å². The molecule has 1 N–H and O–H groups in total. The minimum atomic E-state index is -4.20. The van der Waals surface area contributed by atoms with Crippen molar-refractivity contribution < 1.29 is 18.0 Å². The van der Waals surface area contributed by atoms with E-state index in [1.807, 2.05) is 6.92 Å². The van der Waals surface area contributed by atoms with E-state index < -0.39 is 34.4 Å². The zero-order valence-electron chi connectivity index (χ0n) is 21.3. The molecule has 2 amide bonds. The number of likely N-dealkylation sites (N-methyl/N-ethyl adjacent to an activating group) is 1. The molecular formula is C27H28Cl3N3O4S. The molecule has 38 heavy (non-hydrogen) atoms. The average Bonchev–Trinajstić information content (AvgIpc) is 2.88. The Balaban J connectivity index is 2.09. The Morgan fingerprint density at radius 3 is 2.08 bits per heavy atom. The largest absolute Gasteiger partial charge is 0.357 e. The van der Waals surface area contributed by atoms with Crippen LogP contribution in [0, 0.1) is 13.8 Å². The number of carbonyl (C=O) groups excluding carboxylic acids is 2. The van der Waals surface area contributed by atoms with E-state index in [2.05, 4.69) is 5.32 Å². The monoisotopic (exact) mass is 595 g/mol. The van der Waals surface area contributed by atoms with Gasteiger partial charge in [-0.1, -0.05) is 64.6 Å². The molecule has 11 heteroatoms. The number of aryl methyl sites for hydroxylation is 2. The van der Waals surface area contributed by atoms with Crippen LogP contribution in [0.1, 0.15) is 23.6 Å². The van der Waals surface area contributed by atoms with Crippen molar-refractivity contribution in [3.05, 3.63) is 92.4 Å². The normalized spacial score (nSPS) is 12.1. The van der Waals surface area contributed by atoms with Crippen LogP contribution >= 0.6 is 34.8 Å². The third-order valence-electron chi connectivity index (χ3n) is 6.14. The molecular weight excluding hydrogens is 569 g/mol. The topological polar surface area (TPSA) is 86.8 Å². The van der Waals surface area contributed by atoms with Gasteiger partial charge in [0.05, 0.1) is 10.6 Å². The third-order valence-corrected chi connectivity index (χ3v) is 9.04. The van der Waals surface area contributed by atoms with Crippen LogP contribution in [0.5, 0.6) is 0 Å². The first-order valence-electron chi connectivity index (χ1n) is 11.7. The number of benzene rings is 3. The summed E-state index contributed by atoms with van der Waals surface area (Å²) in [7, 11) is -2.74. The lowest BCUT2D eigenvalue weighted by Gasteiger charge is -2.32. The summed E-state index contributed by atoms with van der Waals surface area (Å²) in [6.45, 7) is 4.46. The molecule has 202 valence electrons. The zero-order valence-corrected chi connectivity index (χ0v) is 24.4. The Kier molecular flexibility index (Phi) is 9.70. The molecule has 0 aliphatic rings. The first-order chi connectivity index (χ1) is 17.9. The van der Waals surface area contributed by atoms with E-state index in [1.165, 1.54) is 30.1 Å². The highest BCUT2D eigenvalue weighted by molar-refractivity contribution is 7.92. The summed E-state index contributed by atoms with van der Waals surface area (Å²) in [6.07, 6.45) is 0. The van der Waals surface area contributed by atoms with Crippen molar-refractivity contribution in [1.29, 1.82) is 0 Å². The average molecular weight is 597 g/mol. The predicted molar refractivity (Wildman–Crippen MR) is 152 cm³/mol. The molecule has 1 atom stereocenters. The second-order valence-corrected chi connectivity index (χ2v) is 11.9. The molecule has 0 aliphatic heterocycles. The predicted octanol–water partition coefficient (Wildman–Crippen LogP) is 5.62. The fraction of sp³-hybridized carbons (Fsp3) is 0.259. The van der Waals surface area contributed by atoms with Gasteiger partial charge < -0.3 is 10.2 Å². The first kappa shape index (κ1) is 29.8. The van der Waals surface area contributed by atoms with Gasteiger partial charge >= 0.3 is 0 Å². The Bertz CT molecular complexity index is 1430. The van der Waals surface area contributed by atoms with Gasteiger partial charge in [0.1, 0.15) is 12.6 Å². The maximum absolute atomic E-state index is 13.8. The van der Waals surface area contributed by atoms with Crippen LogP contribution in [0.3, 0.4) is 0 Å². The van der Waals surface area contributed by atoms with E-state index >= 15 is 0 Å². The van der Waals surface area contributed by atoms with Crippen LogP contribution in [-0.4, -0.2) is 44.8 Å². The van der Waals surface area contributed by atoms with Crippen LogP contribution in [0.25, 0.3) is 0 Å². The maximum atomic E-state index is 13.8. The van der Waals surface area contributed by atoms with Gasteiger partial charge in [0.2, 0.25) is 11.8 Å². The van der Waals surface area contributed by atoms with Crippen molar-refractivity contribution >= 4 is 62.3 Å². The number of rotatable bonds is 9.